The van der Waals surface area contributed by atoms with Gasteiger partial charge in [-0.05, 0) is 74.6 Å². The Bertz CT molecular complexity index is 927. The summed E-state index contributed by atoms with van der Waals surface area (Å²) in [6.45, 7) is 0. The summed E-state index contributed by atoms with van der Waals surface area (Å²) < 4.78 is 7.93. The number of rotatable bonds is 0. The molecule has 5 atom stereocenters. The Labute approximate surface area is 162 Å². The molecule has 3 aliphatic heterocycles. The van der Waals surface area contributed by atoms with Crippen LogP contribution < -0.4 is 4.74 Å². The lowest BCUT2D eigenvalue weighted by atomic mass is 9.67. The normalized spacial score (nSPS) is 37.8. The van der Waals surface area contributed by atoms with Crippen molar-refractivity contribution in [3.63, 3.8) is 0 Å². The summed E-state index contributed by atoms with van der Waals surface area (Å²) in [6.07, 6.45) is 8.83. The van der Waals surface area contributed by atoms with Crippen molar-refractivity contribution in [2.75, 3.05) is 7.05 Å². The second-order valence-electron chi connectivity index (χ2n) is 8.76. The lowest BCUT2D eigenvalue weighted by Crippen LogP contribution is -2.59. The molecule has 1 spiro atoms. The van der Waals surface area contributed by atoms with Crippen LogP contribution in [-0.4, -0.2) is 29.9 Å². The van der Waals surface area contributed by atoms with Crippen LogP contribution in [0.25, 0.3) is 10.8 Å². The minimum atomic E-state index is -0.357. The van der Waals surface area contributed by atoms with Gasteiger partial charge in [0.15, 0.2) is 0 Å². The van der Waals surface area contributed by atoms with E-state index in [0.29, 0.717) is 12.0 Å². The number of ether oxygens (including phenoxy) is 1. The Kier molecular flexibility index (Phi) is 3.20. The first-order chi connectivity index (χ1) is 12.6. The largest absolute Gasteiger partial charge is 0.465 e. The number of hydrogen-bond donors (Lipinski definition) is 0. The molecule has 0 aromatic heterocycles. The van der Waals surface area contributed by atoms with Gasteiger partial charge in [-0.15, -0.1) is 0 Å². The number of nitrogens with zero attached hydrogens (tertiary/aromatic N) is 2. The van der Waals surface area contributed by atoms with Crippen LogP contribution in [0.3, 0.4) is 0 Å². The Hall–Kier alpha value is -1.39. The van der Waals surface area contributed by atoms with Gasteiger partial charge >= 0.3 is 0 Å². The van der Waals surface area contributed by atoms with Gasteiger partial charge in [0, 0.05) is 21.8 Å². The first kappa shape index (κ1) is 15.6. The Morgan fingerprint density at radius 3 is 2.69 bits per heavy atom. The first-order valence-corrected chi connectivity index (χ1v) is 10.6. The van der Waals surface area contributed by atoms with E-state index in [9.17, 15) is 0 Å². The fourth-order valence-electron chi connectivity index (χ4n) is 6.23. The summed E-state index contributed by atoms with van der Waals surface area (Å²) in [5.41, 5.74) is 0.628. The van der Waals surface area contributed by atoms with E-state index in [1.165, 1.54) is 42.9 Å². The highest BCUT2D eigenvalue weighted by Crippen LogP contribution is 2.55. The second kappa shape index (κ2) is 5.32. The van der Waals surface area contributed by atoms with Crippen LogP contribution in [0.4, 0.5) is 5.69 Å². The van der Waals surface area contributed by atoms with Gasteiger partial charge in [0.1, 0.15) is 11.4 Å². The molecule has 4 fully saturated rings. The Balaban J connectivity index is 1.49. The molecule has 0 N–H and O–H groups in total. The number of aliphatic imine (C=N–C) groups is 1. The molecule has 134 valence electrons. The van der Waals surface area contributed by atoms with Crippen LogP contribution in [0.1, 0.15) is 32.1 Å². The molecule has 3 nitrogen and oxygen atoms in total. The second-order valence-corrected chi connectivity index (χ2v) is 9.68. The summed E-state index contributed by atoms with van der Waals surface area (Å²) in [4.78, 5) is 7.54. The van der Waals surface area contributed by atoms with Crippen molar-refractivity contribution in [3.05, 3.63) is 34.8 Å². The average Bonchev–Trinajstić information content (AvgIpc) is 2.75. The maximum Gasteiger partial charge on any atom is 0.202 e. The van der Waals surface area contributed by atoms with Gasteiger partial charge in [0.25, 0.3) is 0 Å². The molecule has 2 aromatic carbocycles. The molecule has 2 aliphatic carbocycles. The molecule has 26 heavy (non-hydrogen) atoms. The molecule has 3 heterocycles. The van der Waals surface area contributed by atoms with Crippen molar-refractivity contribution in [1.82, 2.24) is 4.90 Å². The van der Waals surface area contributed by atoms with Crippen LogP contribution in [0, 0.1) is 17.8 Å². The molecular weight excluding hydrogens is 388 g/mol. The Morgan fingerprint density at radius 1 is 1.08 bits per heavy atom. The number of benzene rings is 2. The topological polar surface area (TPSA) is 24.8 Å². The monoisotopic (exact) mass is 410 g/mol. The van der Waals surface area contributed by atoms with Gasteiger partial charge in [-0.2, -0.15) is 0 Å². The minimum absolute atomic E-state index is 0.357. The van der Waals surface area contributed by atoms with Crippen LogP contribution >= 0.6 is 15.9 Å². The van der Waals surface area contributed by atoms with Gasteiger partial charge < -0.3 is 4.74 Å². The third-order valence-electron chi connectivity index (χ3n) is 7.37. The fraction of sp³-hybridized carbons (Fsp3) is 0.500. The molecule has 0 amide bonds. The summed E-state index contributed by atoms with van der Waals surface area (Å²) in [5.74, 6) is 3.26. The van der Waals surface area contributed by atoms with Crippen molar-refractivity contribution in [3.8, 4) is 5.75 Å². The smallest absolute Gasteiger partial charge is 0.202 e. The van der Waals surface area contributed by atoms with E-state index in [0.717, 1.165) is 27.7 Å². The van der Waals surface area contributed by atoms with E-state index in [1.807, 2.05) is 0 Å². The zero-order valence-corrected chi connectivity index (χ0v) is 16.6. The number of hydrogen-bond acceptors (Lipinski definition) is 3. The van der Waals surface area contributed by atoms with E-state index in [2.05, 4.69) is 64.4 Å². The fourth-order valence-corrected chi connectivity index (χ4v) is 6.61. The van der Waals surface area contributed by atoms with E-state index in [4.69, 9.17) is 9.73 Å². The van der Waals surface area contributed by atoms with E-state index in [1.54, 1.807) is 0 Å². The highest BCUT2D eigenvalue weighted by Gasteiger charge is 2.56. The maximum absolute atomic E-state index is 6.84. The average molecular weight is 411 g/mol. The van der Waals surface area contributed by atoms with Gasteiger partial charge in [0.05, 0.1) is 6.21 Å². The van der Waals surface area contributed by atoms with Crippen LogP contribution in [0.2, 0.25) is 0 Å². The van der Waals surface area contributed by atoms with Crippen molar-refractivity contribution in [1.29, 1.82) is 0 Å². The van der Waals surface area contributed by atoms with Crippen LogP contribution in [0.5, 0.6) is 5.75 Å². The summed E-state index contributed by atoms with van der Waals surface area (Å²) >= 11 is 3.57. The molecule has 3 unspecified atom stereocenters. The quantitative estimate of drug-likeness (QED) is 0.569. The third kappa shape index (κ3) is 2.06. The van der Waals surface area contributed by atoms with Crippen LogP contribution in [-0.2, 0) is 0 Å². The minimum Gasteiger partial charge on any atom is -0.465 e. The summed E-state index contributed by atoms with van der Waals surface area (Å²) in [7, 11) is 2.27. The Morgan fingerprint density at radius 2 is 1.88 bits per heavy atom. The maximum atomic E-state index is 6.84. The number of fused-ring (bicyclic) bond motifs is 3. The van der Waals surface area contributed by atoms with Crippen molar-refractivity contribution < 1.29 is 4.74 Å². The standard InChI is InChI=1S/C22H23BrN2O/c1-25-18-9-13-6-14(10-18)8-16(7-13)22(25)12-24-21-19-4-3-17(23)11-15(19)2-5-20(21)26-22/h2-5,11-14,16,18H,6-10H2,1H3/t13-,14+,16?,18?,22?. The van der Waals surface area contributed by atoms with Gasteiger partial charge in [0.2, 0.25) is 5.72 Å². The van der Waals surface area contributed by atoms with Gasteiger partial charge in [-0.3, -0.25) is 9.89 Å². The van der Waals surface area contributed by atoms with Crippen LogP contribution in [0.15, 0.2) is 39.8 Å². The molecule has 5 aliphatic rings. The SMILES string of the molecule is CN1C2C[C@@H]3CC(C[C@H](C2)C3)C12C=Nc1c(ccc3cc(Br)ccc13)O2. The molecule has 2 aromatic rings. The molecule has 4 bridgehead atoms. The highest BCUT2D eigenvalue weighted by molar-refractivity contribution is 9.10. The predicted octanol–water partition coefficient (Wildman–Crippen LogP) is 5.53. The van der Waals surface area contributed by atoms with Crippen molar-refractivity contribution >= 4 is 38.6 Å². The molecule has 2 saturated carbocycles. The molecule has 4 heteroatoms. The zero-order valence-electron chi connectivity index (χ0n) is 15.0. The molecule has 7 rings (SSSR count). The zero-order chi connectivity index (χ0) is 17.5. The molecule has 0 radical (unpaired) electrons. The first-order valence-electron chi connectivity index (χ1n) is 9.82. The van der Waals surface area contributed by atoms with Crippen molar-refractivity contribution in [2.45, 2.75) is 43.9 Å². The summed E-state index contributed by atoms with van der Waals surface area (Å²) in [6, 6.07) is 11.3. The van der Waals surface area contributed by atoms with E-state index < -0.39 is 0 Å². The van der Waals surface area contributed by atoms with Crippen molar-refractivity contribution in [2.24, 2.45) is 22.7 Å². The van der Waals surface area contributed by atoms with Gasteiger partial charge in [-0.1, -0.05) is 28.1 Å². The molecule has 2 saturated heterocycles. The van der Waals surface area contributed by atoms with E-state index in [-0.39, 0.29) is 5.72 Å². The predicted molar refractivity (Wildman–Crippen MR) is 108 cm³/mol. The lowest BCUT2D eigenvalue weighted by Gasteiger charge is -2.45. The van der Waals surface area contributed by atoms with E-state index >= 15 is 0 Å². The lowest BCUT2D eigenvalue weighted by molar-refractivity contribution is -0.0623. The van der Waals surface area contributed by atoms with Gasteiger partial charge in [-0.25, -0.2) is 0 Å². The third-order valence-corrected chi connectivity index (χ3v) is 7.86. The molecular formula is C22H23BrN2O. The summed E-state index contributed by atoms with van der Waals surface area (Å²) in [5, 5.41) is 2.36. The highest BCUT2D eigenvalue weighted by atomic mass is 79.9. The number of halogens is 1.